The SMILES string of the molecule is Cc1nccn1CCn1c(C)cc2ccccc21. The van der Waals surface area contributed by atoms with Gasteiger partial charge in [-0.3, -0.25) is 0 Å². The Hall–Kier alpha value is -2.03. The highest BCUT2D eigenvalue weighted by Crippen LogP contribution is 2.19. The first-order chi connectivity index (χ1) is 8.75. The molecule has 0 bridgehead atoms. The third-order valence-corrected chi connectivity index (χ3v) is 3.51. The van der Waals surface area contributed by atoms with Crippen molar-refractivity contribution >= 4 is 10.9 Å². The number of imidazole rings is 1. The molecule has 3 heteroatoms. The van der Waals surface area contributed by atoms with Crippen LogP contribution >= 0.6 is 0 Å². The van der Waals surface area contributed by atoms with Gasteiger partial charge in [0.1, 0.15) is 5.82 Å². The molecule has 0 aliphatic heterocycles. The van der Waals surface area contributed by atoms with Crippen LogP contribution in [0.5, 0.6) is 0 Å². The quantitative estimate of drug-likeness (QED) is 0.688. The molecule has 0 unspecified atom stereocenters. The van der Waals surface area contributed by atoms with Crippen molar-refractivity contribution in [3.8, 4) is 0 Å². The summed E-state index contributed by atoms with van der Waals surface area (Å²) >= 11 is 0. The fraction of sp³-hybridized carbons (Fsp3) is 0.267. The lowest BCUT2D eigenvalue weighted by atomic mass is 10.2. The van der Waals surface area contributed by atoms with E-state index in [1.54, 1.807) is 0 Å². The molecule has 1 aromatic carbocycles. The summed E-state index contributed by atoms with van der Waals surface area (Å²) in [5.74, 6) is 1.07. The number of benzene rings is 1. The van der Waals surface area contributed by atoms with Gasteiger partial charge < -0.3 is 9.13 Å². The van der Waals surface area contributed by atoms with E-state index < -0.39 is 0 Å². The predicted molar refractivity (Wildman–Crippen MR) is 73.6 cm³/mol. The minimum absolute atomic E-state index is 0.964. The Morgan fingerprint density at radius 1 is 1.11 bits per heavy atom. The second kappa shape index (κ2) is 4.33. The Kier molecular flexibility index (Phi) is 2.67. The van der Waals surface area contributed by atoms with Crippen LogP contribution in [0.2, 0.25) is 0 Å². The highest BCUT2D eigenvalue weighted by molar-refractivity contribution is 5.81. The van der Waals surface area contributed by atoms with Crippen molar-refractivity contribution in [2.24, 2.45) is 0 Å². The zero-order valence-electron chi connectivity index (χ0n) is 10.8. The molecule has 2 aromatic heterocycles. The van der Waals surface area contributed by atoms with Crippen LogP contribution in [-0.2, 0) is 13.1 Å². The highest BCUT2D eigenvalue weighted by atomic mass is 15.1. The van der Waals surface area contributed by atoms with Crippen molar-refractivity contribution < 1.29 is 0 Å². The molecular weight excluding hydrogens is 222 g/mol. The van der Waals surface area contributed by atoms with Crippen molar-refractivity contribution in [3.63, 3.8) is 0 Å². The van der Waals surface area contributed by atoms with Gasteiger partial charge in [0.15, 0.2) is 0 Å². The van der Waals surface area contributed by atoms with Gasteiger partial charge >= 0.3 is 0 Å². The predicted octanol–water partition coefficient (Wildman–Crippen LogP) is 3.15. The zero-order valence-corrected chi connectivity index (χ0v) is 10.8. The molecule has 2 heterocycles. The number of hydrogen-bond donors (Lipinski definition) is 0. The number of nitrogens with zero attached hydrogens (tertiary/aromatic N) is 3. The number of aryl methyl sites for hydroxylation is 4. The van der Waals surface area contributed by atoms with Gasteiger partial charge in [-0.05, 0) is 31.4 Å². The molecule has 3 nitrogen and oxygen atoms in total. The first-order valence-electron chi connectivity index (χ1n) is 6.28. The van der Waals surface area contributed by atoms with E-state index in [0.717, 1.165) is 18.9 Å². The minimum atomic E-state index is 0.964. The Bertz CT molecular complexity index is 676. The molecule has 0 aliphatic carbocycles. The van der Waals surface area contributed by atoms with Crippen molar-refractivity contribution in [2.75, 3.05) is 0 Å². The fourth-order valence-electron chi connectivity index (χ4n) is 2.49. The van der Waals surface area contributed by atoms with E-state index in [-0.39, 0.29) is 0 Å². The van der Waals surface area contributed by atoms with Crippen LogP contribution in [0.25, 0.3) is 10.9 Å². The molecule has 0 saturated carbocycles. The van der Waals surface area contributed by atoms with Crippen LogP contribution in [0.4, 0.5) is 0 Å². The Labute approximate surface area is 107 Å². The third kappa shape index (κ3) is 1.82. The van der Waals surface area contributed by atoms with Gasteiger partial charge in [0.25, 0.3) is 0 Å². The van der Waals surface area contributed by atoms with Gasteiger partial charge in [0, 0.05) is 36.7 Å². The standard InChI is InChI=1S/C15H17N3/c1-12-11-14-5-3-4-6-15(14)18(12)10-9-17-8-7-16-13(17)2/h3-8,11H,9-10H2,1-2H3. The van der Waals surface area contributed by atoms with Gasteiger partial charge in [-0.15, -0.1) is 0 Å². The number of aromatic nitrogens is 3. The van der Waals surface area contributed by atoms with Gasteiger partial charge in [0.05, 0.1) is 0 Å². The maximum atomic E-state index is 4.26. The maximum absolute atomic E-state index is 4.26. The first kappa shape index (κ1) is 11.1. The smallest absolute Gasteiger partial charge is 0.105 e. The summed E-state index contributed by atoms with van der Waals surface area (Å²) in [5, 5.41) is 1.32. The van der Waals surface area contributed by atoms with Gasteiger partial charge in [-0.25, -0.2) is 4.98 Å². The average molecular weight is 239 g/mol. The molecule has 0 fully saturated rings. The van der Waals surface area contributed by atoms with Crippen molar-refractivity contribution in [2.45, 2.75) is 26.9 Å². The molecule has 0 spiro atoms. The van der Waals surface area contributed by atoms with E-state index >= 15 is 0 Å². The maximum Gasteiger partial charge on any atom is 0.105 e. The fourth-order valence-corrected chi connectivity index (χ4v) is 2.49. The number of fused-ring (bicyclic) bond motifs is 1. The second-order valence-electron chi connectivity index (χ2n) is 4.66. The Morgan fingerprint density at radius 3 is 2.72 bits per heavy atom. The normalized spacial score (nSPS) is 11.2. The number of para-hydroxylation sites is 1. The second-order valence-corrected chi connectivity index (χ2v) is 4.66. The van der Waals surface area contributed by atoms with E-state index in [4.69, 9.17) is 0 Å². The molecular formula is C15H17N3. The van der Waals surface area contributed by atoms with Crippen LogP contribution in [0, 0.1) is 13.8 Å². The van der Waals surface area contributed by atoms with Crippen LogP contribution < -0.4 is 0 Å². The van der Waals surface area contributed by atoms with Crippen LogP contribution in [-0.4, -0.2) is 14.1 Å². The van der Waals surface area contributed by atoms with E-state index in [0.29, 0.717) is 0 Å². The topological polar surface area (TPSA) is 22.8 Å². The zero-order chi connectivity index (χ0) is 12.5. The average Bonchev–Trinajstić information content (AvgIpc) is 2.90. The Morgan fingerprint density at radius 2 is 1.94 bits per heavy atom. The monoisotopic (exact) mass is 239 g/mol. The lowest BCUT2D eigenvalue weighted by Gasteiger charge is -2.10. The van der Waals surface area contributed by atoms with E-state index in [1.165, 1.54) is 16.6 Å². The highest BCUT2D eigenvalue weighted by Gasteiger charge is 2.05. The molecule has 0 radical (unpaired) electrons. The Balaban J connectivity index is 1.91. The van der Waals surface area contributed by atoms with Crippen LogP contribution in [0.15, 0.2) is 42.7 Å². The summed E-state index contributed by atoms with van der Waals surface area (Å²) < 4.78 is 4.56. The summed E-state index contributed by atoms with van der Waals surface area (Å²) in [7, 11) is 0. The molecule has 0 N–H and O–H groups in total. The molecule has 18 heavy (non-hydrogen) atoms. The number of hydrogen-bond acceptors (Lipinski definition) is 1. The lowest BCUT2D eigenvalue weighted by Crippen LogP contribution is -2.08. The molecule has 3 aromatic rings. The largest absolute Gasteiger partial charge is 0.343 e. The van der Waals surface area contributed by atoms with Crippen molar-refractivity contribution in [3.05, 3.63) is 54.2 Å². The van der Waals surface area contributed by atoms with Gasteiger partial charge in [-0.1, -0.05) is 18.2 Å². The summed E-state index contributed by atoms with van der Waals surface area (Å²) in [6.45, 7) is 6.16. The molecule has 3 rings (SSSR count). The molecule has 0 amide bonds. The summed E-state index contributed by atoms with van der Waals surface area (Å²) in [5.41, 5.74) is 2.63. The van der Waals surface area contributed by atoms with Gasteiger partial charge in [0.2, 0.25) is 0 Å². The van der Waals surface area contributed by atoms with Crippen LogP contribution in [0.3, 0.4) is 0 Å². The van der Waals surface area contributed by atoms with E-state index in [1.807, 2.05) is 19.3 Å². The molecule has 0 atom stereocenters. The first-order valence-corrected chi connectivity index (χ1v) is 6.28. The van der Waals surface area contributed by atoms with Gasteiger partial charge in [-0.2, -0.15) is 0 Å². The number of rotatable bonds is 3. The minimum Gasteiger partial charge on any atom is -0.343 e. The molecule has 92 valence electrons. The summed E-state index contributed by atoms with van der Waals surface area (Å²) in [4.78, 5) is 4.26. The lowest BCUT2D eigenvalue weighted by molar-refractivity contribution is 0.572. The third-order valence-electron chi connectivity index (χ3n) is 3.51. The van der Waals surface area contributed by atoms with Crippen LogP contribution in [0.1, 0.15) is 11.5 Å². The summed E-state index contributed by atoms with van der Waals surface area (Å²) in [6.07, 6.45) is 3.90. The van der Waals surface area contributed by atoms with Crippen molar-refractivity contribution in [1.29, 1.82) is 0 Å². The molecule has 0 saturated heterocycles. The summed E-state index contributed by atoms with van der Waals surface area (Å²) in [6, 6.07) is 10.8. The van der Waals surface area contributed by atoms with E-state index in [2.05, 4.69) is 51.4 Å². The van der Waals surface area contributed by atoms with Crippen molar-refractivity contribution in [1.82, 2.24) is 14.1 Å². The van der Waals surface area contributed by atoms with E-state index in [9.17, 15) is 0 Å². The molecule has 0 aliphatic rings.